The van der Waals surface area contributed by atoms with E-state index in [0.29, 0.717) is 10.5 Å². The molecule has 14 nitrogen and oxygen atoms in total. The van der Waals surface area contributed by atoms with Crippen LogP contribution < -0.4 is 0 Å². The van der Waals surface area contributed by atoms with Crippen molar-refractivity contribution >= 4 is 70.1 Å². The Balaban J connectivity index is 1.73. The summed E-state index contributed by atoms with van der Waals surface area (Å²) >= 11 is 6.47. The Morgan fingerprint density at radius 3 is 2.33 bits per heavy atom. The Labute approximate surface area is 258 Å². The van der Waals surface area contributed by atoms with Crippen LogP contribution in [0, 0.1) is 6.92 Å². The van der Waals surface area contributed by atoms with Crippen LogP contribution >= 0.6 is 31.9 Å². The van der Waals surface area contributed by atoms with Gasteiger partial charge in [-0.25, -0.2) is 14.5 Å². The number of urea groups is 1. The number of carbonyl (C=O) groups excluding carboxylic acids is 3. The van der Waals surface area contributed by atoms with Crippen molar-refractivity contribution in [3.63, 3.8) is 0 Å². The number of aromatic nitrogens is 1. The van der Waals surface area contributed by atoms with Gasteiger partial charge in [-0.3, -0.25) is 8.98 Å². The number of benzene rings is 1. The molecule has 21 heteroatoms. The van der Waals surface area contributed by atoms with E-state index in [2.05, 4.69) is 36.0 Å². The normalized spacial score (nSPS) is 23.8. The van der Waals surface area contributed by atoms with Crippen molar-refractivity contribution in [3.8, 4) is 0 Å². The maximum Gasteiger partial charge on any atom is 0.523 e. The molecule has 2 saturated heterocycles. The number of hydroxylamine groups is 2. The molecule has 0 aliphatic carbocycles. The highest BCUT2D eigenvalue weighted by atomic mass is 79.9. The van der Waals surface area contributed by atoms with Crippen molar-refractivity contribution in [1.29, 1.82) is 0 Å². The highest BCUT2D eigenvalue weighted by Crippen LogP contribution is 2.55. The molecule has 2 aromatic rings. The van der Waals surface area contributed by atoms with E-state index in [4.69, 9.17) is 9.02 Å². The number of aryl methyl sites for hydroxylation is 1. The molecule has 0 saturated carbocycles. The number of hydrogen-bond donors (Lipinski definition) is 0. The first-order valence-electron chi connectivity index (χ1n) is 12.1. The molecule has 1 spiro atoms. The molecule has 3 aliphatic heterocycles. The Morgan fingerprint density at radius 1 is 1.12 bits per heavy atom. The molecule has 0 unspecified atom stereocenters. The summed E-state index contributed by atoms with van der Waals surface area (Å²) in [6, 6.07) is 4.96. The van der Waals surface area contributed by atoms with Crippen LogP contribution in [-0.2, 0) is 33.4 Å². The molecule has 4 heterocycles. The lowest BCUT2D eigenvalue weighted by Crippen LogP contribution is -2.63. The second kappa shape index (κ2) is 10.4. The van der Waals surface area contributed by atoms with E-state index >= 15 is 0 Å². The second-order valence-electron chi connectivity index (χ2n) is 9.52. The summed E-state index contributed by atoms with van der Waals surface area (Å²) < 4.78 is 107. The van der Waals surface area contributed by atoms with Gasteiger partial charge in [0.15, 0.2) is 11.8 Å². The summed E-state index contributed by atoms with van der Waals surface area (Å²) in [5.41, 5.74) is -7.82. The lowest BCUT2D eigenvalue weighted by atomic mass is 10.00. The monoisotopic (exact) mass is 778 g/mol. The van der Waals surface area contributed by atoms with Crippen LogP contribution in [0.3, 0.4) is 0 Å². The van der Waals surface area contributed by atoms with Crippen LogP contribution in [0.5, 0.6) is 0 Å². The predicted molar refractivity (Wildman–Crippen MR) is 143 cm³/mol. The smallest absolute Gasteiger partial charge is 0.449 e. The molecule has 1 aromatic heterocycles. The molecule has 234 valence electrons. The molecule has 3 aliphatic rings. The number of carbonyl (C=O) groups is 3. The Morgan fingerprint density at radius 2 is 1.74 bits per heavy atom. The first-order valence-corrected chi connectivity index (χ1v) is 16.5. The fraction of sp³-hybridized carbons (Fsp3) is 0.409. The molecule has 0 radical (unpaired) electrons. The summed E-state index contributed by atoms with van der Waals surface area (Å²) in [5.74, 6) is -0.974. The van der Waals surface area contributed by atoms with Crippen molar-refractivity contribution in [2.24, 2.45) is 0 Å². The standard InChI is InChI=1S/C22H19Br2F3N4O10S2/c1-3-39-20(34)30-18-21(31(19(30)33)41-42(35,36)13-6-4-11(2)5-7-13)9-12(40-43(37,38)22(25,26)27)10-28(21)17(32)15-8-14(23)16(24)29(15)18/h4-8,12,18H,3,9-10H2,1-2H3/t12-,18-,21+/m1/s1. The number of amides is 4. The van der Waals surface area contributed by atoms with Crippen LogP contribution in [0.15, 0.2) is 44.3 Å². The van der Waals surface area contributed by atoms with Gasteiger partial charge in [-0.15, -0.1) is 4.28 Å². The zero-order valence-corrected chi connectivity index (χ0v) is 26.5. The van der Waals surface area contributed by atoms with Gasteiger partial charge in [0.2, 0.25) is 0 Å². The van der Waals surface area contributed by atoms with E-state index in [1.54, 1.807) is 6.92 Å². The number of halogens is 5. The summed E-state index contributed by atoms with van der Waals surface area (Å²) in [5, 5.41) is 0.161. The summed E-state index contributed by atoms with van der Waals surface area (Å²) in [7, 11) is -11.1. The van der Waals surface area contributed by atoms with Crippen molar-refractivity contribution < 1.29 is 57.6 Å². The van der Waals surface area contributed by atoms with E-state index in [9.17, 15) is 44.4 Å². The van der Waals surface area contributed by atoms with E-state index < -0.39 is 79.6 Å². The van der Waals surface area contributed by atoms with Crippen LogP contribution in [0.2, 0.25) is 0 Å². The highest BCUT2D eigenvalue weighted by molar-refractivity contribution is 9.13. The van der Waals surface area contributed by atoms with Gasteiger partial charge in [0.25, 0.3) is 5.91 Å². The average molecular weight is 780 g/mol. The van der Waals surface area contributed by atoms with Gasteiger partial charge < -0.3 is 14.2 Å². The van der Waals surface area contributed by atoms with Crippen LogP contribution in [0.1, 0.15) is 35.6 Å². The SMILES string of the molecule is CCOC(=O)N1C(=O)N(OS(=O)(=O)c2ccc(C)cc2)[C@]23C[C@@H](OS(=O)(=O)C(F)(F)F)CN2C(=O)c2cc(Br)c(Br)n2[C@H]13. The van der Waals surface area contributed by atoms with Gasteiger partial charge in [-0.1, -0.05) is 17.7 Å². The molecule has 0 N–H and O–H groups in total. The Bertz CT molecular complexity index is 1750. The van der Waals surface area contributed by atoms with Crippen molar-refractivity contribution in [1.82, 2.24) is 19.4 Å². The zero-order valence-electron chi connectivity index (χ0n) is 21.7. The Kier molecular flexibility index (Phi) is 7.69. The fourth-order valence-electron chi connectivity index (χ4n) is 5.19. The first-order chi connectivity index (χ1) is 19.9. The molecule has 1 aromatic carbocycles. The molecular formula is C22H19Br2F3N4O10S2. The highest BCUT2D eigenvalue weighted by Gasteiger charge is 2.73. The molecular weight excluding hydrogens is 761 g/mol. The summed E-state index contributed by atoms with van der Waals surface area (Å²) in [6.07, 6.45) is -5.97. The molecule has 4 amide bonds. The largest absolute Gasteiger partial charge is 0.523 e. The number of alkyl halides is 3. The minimum Gasteiger partial charge on any atom is -0.449 e. The van der Waals surface area contributed by atoms with Crippen molar-refractivity contribution in [2.45, 2.75) is 48.6 Å². The van der Waals surface area contributed by atoms with Gasteiger partial charge in [0.1, 0.15) is 10.3 Å². The van der Waals surface area contributed by atoms with Gasteiger partial charge in [0.05, 0.1) is 28.6 Å². The first kappa shape index (κ1) is 31.7. The minimum atomic E-state index is -6.22. The lowest BCUT2D eigenvalue weighted by molar-refractivity contribution is -0.145. The van der Waals surface area contributed by atoms with Crippen LogP contribution in [0.25, 0.3) is 0 Å². The molecule has 5 rings (SSSR count). The molecule has 3 atom stereocenters. The van der Waals surface area contributed by atoms with Gasteiger partial charge in [-0.05, 0) is 63.9 Å². The number of nitrogens with zero attached hydrogens (tertiary/aromatic N) is 4. The minimum absolute atomic E-state index is 0.0671. The van der Waals surface area contributed by atoms with E-state index in [1.165, 1.54) is 25.1 Å². The number of hydrogen-bond acceptors (Lipinski definition) is 10. The van der Waals surface area contributed by atoms with Crippen LogP contribution in [0.4, 0.5) is 22.8 Å². The van der Waals surface area contributed by atoms with E-state index in [-0.39, 0.29) is 26.4 Å². The fourth-order valence-corrected chi connectivity index (χ4v) is 7.64. The molecule has 0 bridgehead atoms. The maximum atomic E-state index is 13.9. The van der Waals surface area contributed by atoms with Crippen LogP contribution in [-0.4, -0.2) is 84.7 Å². The third-order valence-electron chi connectivity index (χ3n) is 6.90. The third kappa shape index (κ3) is 4.83. The number of ether oxygens (including phenoxy) is 1. The number of rotatable bonds is 6. The third-order valence-corrected chi connectivity index (χ3v) is 11.1. The topological polar surface area (TPSA) is 162 Å². The zero-order chi connectivity index (χ0) is 31.9. The second-order valence-corrected chi connectivity index (χ2v) is 14.2. The average Bonchev–Trinajstić information content (AvgIpc) is 3.49. The van der Waals surface area contributed by atoms with Crippen molar-refractivity contribution in [2.75, 3.05) is 13.2 Å². The van der Waals surface area contributed by atoms with Gasteiger partial charge in [-0.2, -0.15) is 35.1 Å². The molecule has 2 fully saturated rings. The number of fused-ring (bicyclic) bond motifs is 2. The van der Waals surface area contributed by atoms with E-state index in [1.807, 2.05) is 0 Å². The summed E-state index contributed by atoms with van der Waals surface area (Å²) in [6.45, 7) is 1.95. The van der Waals surface area contributed by atoms with Gasteiger partial charge >= 0.3 is 37.9 Å². The number of imide groups is 1. The van der Waals surface area contributed by atoms with Crippen molar-refractivity contribution in [3.05, 3.63) is 50.7 Å². The van der Waals surface area contributed by atoms with E-state index in [0.717, 1.165) is 21.6 Å². The molecule has 43 heavy (non-hydrogen) atoms. The Hall–Kier alpha value is -2.72. The predicted octanol–water partition coefficient (Wildman–Crippen LogP) is 3.83. The quantitative estimate of drug-likeness (QED) is 0.311. The summed E-state index contributed by atoms with van der Waals surface area (Å²) in [4.78, 5) is 41.6. The lowest BCUT2D eigenvalue weighted by Gasteiger charge is -2.46. The van der Waals surface area contributed by atoms with Gasteiger partial charge in [0, 0.05) is 6.42 Å². The maximum absolute atomic E-state index is 13.9.